The molecule has 3 heteroatoms. The quantitative estimate of drug-likeness (QED) is 0.559. The molecule has 4 aliphatic carbocycles. The van der Waals surface area contributed by atoms with Crippen LogP contribution in [0.15, 0.2) is 0 Å². The molecule has 6 fully saturated rings. The number of aliphatic hydroxyl groups excluding tert-OH is 1. The summed E-state index contributed by atoms with van der Waals surface area (Å²) in [6, 6.07) is 0. The van der Waals surface area contributed by atoms with E-state index in [1.54, 1.807) is 0 Å². The van der Waals surface area contributed by atoms with Crippen molar-refractivity contribution in [2.24, 2.45) is 52.3 Å². The molecule has 30 heavy (non-hydrogen) atoms. The van der Waals surface area contributed by atoms with Crippen LogP contribution in [0.2, 0.25) is 0 Å². The molecule has 0 amide bonds. The average molecular weight is 416 g/mol. The van der Waals surface area contributed by atoms with E-state index < -0.39 is 0 Å². The van der Waals surface area contributed by atoms with Gasteiger partial charge in [-0.25, -0.2) is 0 Å². The Hall–Kier alpha value is -0.120. The van der Waals surface area contributed by atoms with E-state index in [0.29, 0.717) is 22.9 Å². The van der Waals surface area contributed by atoms with Crippen molar-refractivity contribution in [1.29, 1.82) is 0 Å². The Morgan fingerprint density at radius 3 is 2.43 bits per heavy atom. The van der Waals surface area contributed by atoms with Crippen molar-refractivity contribution >= 4 is 0 Å². The Kier molecular flexibility index (Phi) is 4.58. The lowest BCUT2D eigenvalue weighted by Gasteiger charge is -2.61. The van der Waals surface area contributed by atoms with Crippen LogP contribution in [0.5, 0.6) is 0 Å². The summed E-state index contributed by atoms with van der Waals surface area (Å²) in [6.07, 6.45) is 13.2. The maximum Gasteiger partial charge on any atom is 0.122 e. The summed E-state index contributed by atoms with van der Waals surface area (Å²) < 4.78 is 7.01. The molecule has 3 nitrogen and oxygen atoms in total. The molecule has 0 bridgehead atoms. The number of aliphatic hydroxyl groups is 1. The van der Waals surface area contributed by atoms with E-state index in [1.165, 1.54) is 51.4 Å². The molecule has 2 aliphatic heterocycles. The lowest BCUT2D eigenvalue weighted by molar-refractivity contribution is -0.140. The minimum atomic E-state index is -0.0320. The van der Waals surface area contributed by atoms with Gasteiger partial charge in [-0.05, 0) is 111 Å². The molecule has 2 N–H and O–H groups in total. The molecule has 4 saturated carbocycles. The number of rotatable bonds is 0. The molecule has 170 valence electrons. The molecule has 0 aromatic rings. The standard InChI is InChI=1S/C27H45NO2/c1-16-7-12-27(28-15-16)17(2)24-23(30-27)14-22-20-6-5-18-13-19(29)8-10-25(18,3)21(20)9-11-26(22,24)4/h16-24,28-29H,5-15H2,1-4H3/t16-,17-,18-,19-,20-,21-,22-,23-,24-,25+,26+,27+/m0/s1. The third-order valence-electron chi connectivity index (χ3n) is 12.1. The number of fused-ring (bicyclic) bond motifs is 7. The van der Waals surface area contributed by atoms with Crippen molar-refractivity contribution in [2.75, 3.05) is 6.54 Å². The van der Waals surface area contributed by atoms with Crippen molar-refractivity contribution in [3.8, 4) is 0 Å². The van der Waals surface area contributed by atoms with Crippen molar-refractivity contribution in [3.05, 3.63) is 0 Å². The van der Waals surface area contributed by atoms with Crippen LogP contribution >= 0.6 is 0 Å². The normalized spacial score (nSPS) is 62.5. The summed E-state index contributed by atoms with van der Waals surface area (Å²) in [5.41, 5.74) is 0.919. The number of ether oxygens (including phenoxy) is 1. The zero-order valence-corrected chi connectivity index (χ0v) is 19.8. The topological polar surface area (TPSA) is 41.5 Å². The molecule has 6 rings (SSSR count). The van der Waals surface area contributed by atoms with E-state index >= 15 is 0 Å². The van der Waals surface area contributed by atoms with Crippen molar-refractivity contribution in [2.45, 2.75) is 110 Å². The highest BCUT2D eigenvalue weighted by molar-refractivity contribution is 5.16. The minimum absolute atomic E-state index is 0.0319. The van der Waals surface area contributed by atoms with Gasteiger partial charge in [0.2, 0.25) is 0 Å². The fourth-order valence-electron chi connectivity index (χ4n) is 10.4. The predicted octanol–water partition coefficient (Wildman–Crippen LogP) is 5.37. The zero-order valence-electron chi connectivity index (χ0n) is 19.8. The molecule has 6 aliphatic rings. The smallest absolute Gasteiger partial charge is 0.122 e. The van der Waals surface area contributed by atoms with Gasteiger partial charge in [0.15, 0.2) is 0 Å². The van der Waals surface area contributed by atoms with Gasteiger partial charge in [0, 0.05) is 12.5 Å². The van der Waals surface area contributed by atoms with Crippen LogP contribution in [0.25, 0.3) is 0 Å². The fraction of sp³-hybridized carbons (Fsp3) is 1.00. The van der Waals surface area contributed by atoms with E-state index in [4.69, 9.17) is 4.74 Å². The van der Waals surface area contributed by atoms with E-state index in [2.05, 4.69) is 33.0 Å². The molecule has 0 radical (unpaired) electrons. The largest absolute Gasteiger partial charge is 0.393 e. The minimum Gasteiger partial charge on any atom is -0.393 e. The summed E-state index contributed by atoms with van der Waals surface area (Å²) in [7, 11) is 0. The van der Waals surface area contributed by atoms with Crippen LogP contribution in [-0.2, 0) is 4.74 Å². The summed E-state index contributed by atoms with van der Waals surface area (Å²) in [6.45, 7) is 11.3. The number of nitrogens with one attached hydrogen (secondary N) is 1. The molecule has 0 aromatic carbocycles. The first-order valence-corrected chi connectivity index (χ1v) is 13.4. The molecule has 2 saturated heterocycles. The van der Waals surface area contributed by atoms with E-state index in [9.17, 15) is 5.11 Å². The van der Waals surface area contributed by atoms with Crippen LogP contribution in [-0.4, -0.2) is 29.6 Å². The van der Waals surface area contributed by atoms with Crippen molar-refractivity contribution < 1.29 is 9.84 Å². The van der Waals surface area contributed by atoms with Gasteiger partial charge in [-0.3, -0.25) is 5.32 Å². The summed E-state index contributed by atoms with van der Waals surface area (Å²) in [4.78, 5) is 0. The maximum absolute atomic E-state index is 10.3. The van der Waals surface area contributed by atoms with Gasteiger partial charge in [-0.1, -0.05) is 27.7 Å². The fourth-order valence-corrected chi connectivity index (χ4v) is 10.4. The Morgan fingerprint density at radius 2 is 1.67 bits per heavy atom. The van der Waals surface area contributed by atoms with Crippen molar-refractivity contribution in [3.63, 3.8) is 0 Å². The Labute approximate surface area is 184 Å². The van der Waals surface area contributed by atoms with Gasteiger partial charge < -0.3 is 9.84 Å². The van der Waals surface area contributed by atoms with Crippen LogP contribution in [0.3, 0.4) is 0 Å². The molecular weight excluding hydrogens is 370 g/mol. The monoisotopic (exact) mass is 415 g/mol. The summed E-state index contributed by atoms with van der Waals surface area (Å²) in [5.74, 6) is 5.57. The van der Waals surface area contributed by atoms with Gasteiger partial charge >= 0.3 is 0 Å². The van der Waals surface area contributed by atoms with Crippen LogP contribution < -0.4 is 5.32 Å². The van der Waals surface area contributed by atoms with Crippen molar-refractivity contribution in [1.82, 2.24) is 5.32 Å². The molecule has 12 atom stereocenters. The SMILES string of the molecule is C[C@H]1CC[C@@]2(NC1)O[C@H]1C[C@H]3[C@H]4CC[C@H]5C[C@@H](O)CC[C@@]5(C)[C@H]4CC[C@@]3(C)[C@H]1[C@@H]2C. The number of hydrogen-bond donors (Lipinski definition) is 2. The zero-order chi connectivity index (χ0) is 20.9. The van der Waals surface area contributed by atoms with E-state index in [1.807, 2.05) is 0 Å². The highest BCUT2D eigenvalue weighted by Gasteiger charge is 2.68. The third kappa shape index (κ3) is 2.61. The van der Waals surface area contributed by atoms with Gasteiger partial charge in [0.1, 0.15) is 5.72 Å². The first-order valence-electron chi connectivity index (χ1n) is 13.4. The van der Waals surface area contributed by atoms with Crippen LogP contribution in [0, 0.1) is 52.3 Å². The van der Waals surface area contributed by atoms with Crippen LogP contribution in [0.1, 0.15) is 91.9 Å². The first kappa shape index (κ1) is 20.5. The Balaban J connectivity index is 1.26. The highest BCUT2D eigenvalue weighted by atomic mass is 16.5. The second kappa shape index (κ2) is 6.70. The van der Waals surface area contributed by atoms with Gasteiger partial charge in [-0.15, -0.1) is 0 Å². The lowest BCUT2D eigenvalue weighted by atomic mass is 9.44. The molecule has 0 aromatic heterocycles. The first-order chi connectivity index (χ1) is 14.3. The Morgan fingerprint density at radius 1 is 0.867 bits per heavy atom. The number of hydrogen-bond acceptors (Lipinski definition) is 3. The maximum atomic E-state index is 10.3. The second-order valence-corrected chi connectivity index (χ2v) is 13.3. The third-order valence-corrected chi connectivity index (χ3v) is 12.1. The summed E-state index contributed by atoms with van der Waals surface area (Å²) >= 11 is 0. The van der Waals surface area contributed by atoms with E-state index in [-0.39, 0.29) is 11.8 Å². The Bertz CT molecular complexity index is 686. The highest BCUT2D eigenvalue weighted by Crippen LogP contribution is 2.71. The molecule has 2 heterocycles. The molecular formula is C27H45NO2. The predicted molar refractivity (Wildman–Crippen MR) is 120 cm³/mol. The summed E-state index contributed by atoms with van der Waals surface area (Å²) in [5, 5.41) is 14.2. The number of piperidine rings is 1. The molecule has 0 unspecified atom stereocenters. The van der Waals surface area contributed by atoms with Gasteiger partial charge in [-0.2, -0.15) is 0 Å². The lowest BCUT2D eigenvalue weighted by Crippen LogP contribution is -2.57. The van der Waals surface area contributed by atoms with E-state index in [0.717, 1.165) is 54.9 Å². The van der Waals surface area contributed by atoms with Crippen LogP contribution in [0.4, 0.5) is 0 Å². The molecule has 1 spiro atoms. The second-order valence-electron chi connectivity index (χ2n) is 13.3. The average Bonchev–Trinajstić information content (AvgIpc) is 3.16. The van der Waals surface area contributed by atoms with Gasteiger partial charge in [0.05, 0.1) is 12.2 Å². The van der Waals surface area contributed by atoms with Gasteiger partial charge in [0.25, 0.3) is 0 Å².